The van der Waals surface area contributed by atoms with Gasteiger partial charge in [-0.15, -0.1) is 0 Å². The molecule has 2 rings (SSSR count). The average Bonchev–Trinajstić information content (AvgIpc) is 2.43. The molecule has 2 aromatic carbocycles. The van der Waals surface area contributed by atoms with E-state index in [1.807, 2.05) is 0 Å². The molecule has 0 radical (unpaired) electrons. The number of hydrogen-bond donors (Lipinski definition) is 3. The Hall–Kier alpha value is -2.61. The molecule has 0 aromatic heterocycles. The van der Waals surface area contributed by atoms with Gasteiger partial charge in [-0.1, -0.05) is 0 Å². The summed E-state index contributed by atoms with van der Waals surface area (Å²) in [7, 11) is -4.02. The Morgan fingerprint density at radius 2 is 1.76 bits per heavy atom. The number of carbonyl (C=O) groups excluding carboxylic acids is 1. The minimum atomic E-state index is -4.02. The number of carbonyl (C=O) groups is 1. The highest BCUT2D eigenvalue weighted by atomic mass is 32.2. The molecule has 8 heteroatoms. The van der Waals surface area contributed by atoms with Crippen LogP contribution in [0.5, 0.6) is 5.75 Å². The monoisotopic (exact) mass is 310 g/mol. The summed E-state index contributed by atoms with van der Waals surface area (Å²) < 4.78 is 39.3. The zero-order chi connectivity index (χ0) is 15.6. The highest BCUT2D eigenvalue weighted by Gasteiger charge is 2.17. The smallest absolute Gasteiger partial charge is 0.262 e. The summed E-state index contributed by atoms with van der Waals surface area (Å²) in [4.78, 5) is 10.8. The number of benzene rings is 2. The second-order valence-corrected chi connectivity index (χ2v) is 5.84. The molecule has 110 valence electrons. The van der Waals surface area contributed by atoms with Crippen LogP contribution in [0.1, 0.15) is 10.4 Å². The number of hydrogen-bond acceptors (Lipinski definition) is 4. The Bertz CT molecular complexity index is 788. The first kappa shape index (κ1) is 14.8. The molecule has 0 bridgehead atoms. The van der Waals surface area contributed by atoms with Crippen LogP contribution in [0.2, 0.25) is 0 Å². The van der Waals surface area contributed by atoms with Crippen molar-refractivity contribution in [3.8, 4) is 5.75 Å². The number of phenols is 1. The normalized spacial score (nSPS) is 11.1. The van der Waals surface area contributed by atoms with Gasteiger partial charge < -0.3 is 10.8 Å². The van der Waals surface area contributed by atoms with Gasteiger partial charge in [0.05, 0.1) is 10.6 Å². The average molecular weight is 310 g/mol. The second kappa shape index (κ2) is 5.41. The molecular weight excluding hydrogens is 299 g/mol. The Balaban J connectivity index is 2.34. The van der Waals surface area contributed by atoms with E-state index in [2.05, 4.69) is 4.72 Å². The van der Waals surface area contributed by atoms with Crippen LogP contribution in [-0.4, -0.2) is 19.4 Å². The number of nitrogens with one attached hydrogen (secondary N) is 1. The minimum absolute atomic E-state index is 0.155. The van der Waals surface area contributed by atoms with Crippen molar-refractivity contribution < 1.29 is 22.7 Å². The van der Waals surface area contributed by atoms with Gasteiger partial charge in [0.1, 0.15) is 11.6 Å². The number of primary amides is 1. The Labute approximate surface area is 120 Å². The molecule has 0 aliphatic rings. The molecule has 0 aliphatic heterocycles. The van der Waals surface area contributed by atoms with E-state index in [-0.39, 0.29) is 16.1 Å². The molecule has 1 amide bonds. The van der Waals surface area contributed by atoms with E-state index in [0.717, 1.165) is 18.2 Å². The van der Waals surface area contributed by atoms with Gasteiger partial charge in [0.25, 0.3) is 10.0 Å². The predicted octanol–water partition coefficient (Wildman–Crippen LogP) is 1.43. The summed E-state index contributed by atoms with van der Waals surface area (Å²) in [5.74, 6) is -1.79. The van der Waals surface area contributed by atoms with Crippen LogP contribution < -0.4 is 10.5 Å². The Morgan fingerprint density at radius 3 is 2.33 bits per heavy atom. The van der Waals surface area contributed by atoms with Crippen LogP contribution in [-0.2, 0) is 10.0 Å². The van der Waals surface area contributed by atoms with Gasteiger partial charge in [-0.2, -0.15) is 0 Å². The first-order chi connectivity index (χ1) is 9.79. The van der Waals surface area contributed by atoms with Crippen LogP contribution in [0.25, 0.3) is 0 Å². The highest BCUT2D eigenvalue weighted by molar-refractivity contribution is 7.92. The molecule has 0 aliphatic carbocycles. The summed E-state index contributed by atoms with van der Waals surface area (Å²) in [6, 6.07) is 7.74. The third-order valence-corrected chi connectivity index (χ3v) is 4.03. The van der Waals surface area contributed by atoms with Gasteiger partial charge in [-0.3, -0.25) is 9.52 Å². The summed E-state index contributed by atoms with van der Waals surface area (Å²) in [5.41, 5.74) is 4.93. The number of aromatic hydroxyl groups is 1. The topological polar surface area (TPSA) is 109 Å². The van der Waals surface area contributed by atoms with Crippen LogP contribution >= 0.6 is 0 Å². The van der Waals surface area contributed by atoms with Crippen molar-refractivity contribution in [2.45, 2.75) is 4.90 Å². The lowest BCUT2D eigenvalue weighted by molar-refractivity contribution is 0.1000. The number of rotatable bonds is 4. The van der Waals surface area contributed by atoms with Gasteiger partial charge in [-0.05, 0) is 36.4 Å². The van der Waals surface area contributed by atoms with Gasteiger partial charge in [-0.25, -0.2) is 12.8 Å². The van der Waals surface area contributed by atoms with Gasteiger partial charge in [0, 0.05) is 11.6 Å². The van der Waals surface area contributed by atoms with Crippen molar-refractivity contribution in [2.24, 2.45) is 5.73 Å². The van der Waals surface area contributed by atoms with E-state index in [9.17, 15) is 22.7 Å². The van der Waals surface area contributed by atoms with Crippen LogP contribution in [0.4, 0.5) is 10.1 Å². The molecule has 2 aromatic rings. The fourth-order valence-electron chi connectivity index (χ4n) is 1.59. The first-order valence-electron chi connectivity index (χ1n) is 5.71. The lowest BCUT2D eigenvalue weighted by atomic mass is 10.2. The Morgan fingerprint density at radius 1 is 1.14 bits per heavy atom. The van der Waals surface area contributed by atoms with E-state index >= 15 is 0 Å². The van der Waals surface area contributed by atoms with E-state index in [1.165, 1.54) is 24.3 Å². The quantitative estimate of drug-likeness (QED) is 0.742. The second-order valence-electron chi connectivity index (χ2n) is 4.16. The number of anilines is 1. The largest absolute Gasteiger partial charge is 0.506 e. The van der Waals surface area contributed by atoms with E-state index < -0.39 is 27.5 Å². The summed E-state index contributed by atoms with van der Waals surface area (Å²) in [5, 5.41) is 9.51. The number of sulfonamides is 1. The summed E-state index contributed by atoms with van der Waals surface area (Å²) in [6.45, 7) is 0. The summed E-state index contributed by atoms with van der Waals surface area (Å²) >= 11 is 0. The highest BCUT2D eigenvalue weighted by Crippen LogP contribution is 2.26. The SMILES string of the molecule is NC(=O)c1ccc(S(=O)(=O)Nc2cc(F)ccc2O)cc1. The van der Waals surface area contributed by atoms with Crippen molar-refractivity contribution in [3.05, 3.63) is 53.8 Å². The molecule has 0 saturated carbocycles. The van der Waals surface area contributed by atoms with Crippen molar-refractivity contribution >= 4 is 21.6 Å². The number of halogens is 1. The fraction of sp³-hybridized carbons (Fsp3) is 0. The number of nitrogens with two attached hydrogens (primary N) is 1. The third-order valence-electron chi connectivity index (χ3n) is 2.65. The van der Waals surface area contributed by atoms with Crippen molar-refractivity contribution in [2.75, 3.05) is 4.72 Å². The van der Waals surface area contributed by atoms with Crippen molar-refractivity contribution in [1.29, 1.82) is 0 Å². The van der Waals surface area contributed by atoms with Crippen LogP contribution in [0, 0.1) is 5.82 Å². The molecule has 21 heavy (non-hydrogen) atoms. The first-order valence-corrected chi connectivity index (χ1v) is 7.19. The van der Waals surface area contributed by atoms with Crippen LogP contribution in [0.3, 0.4) is 0 Å². The minimum Gasteiger partial charge on any atom is -0.506 e. The van der Waals surface area contributed by atoms with E-state index in [1.54, 1.807) is 0 Å². The lowest BCUT2D eigenvalue weighted by Gasteiger charge is -2.10. The number of amides is 1. The molecule has 0 saturated heterocycles. The summed E-state index contributed by atoms with van der Waals surface area (Å²) in [6.07, 6.45) is 0. The Kier molecular flexibility index (Phi) is 3.81. The maximum atomic E-state index is 13.1. The van der Waals surface area contributed by atoms with E-state index in [4.69, 9.17) is 5.73 Å². The predicted molar refractivity (Wildman–Crippen MR) is 73.8 cm³/mol. The molecular formula is C13H11FN2O4S. The van der Waals surface area contributed by atoms with Crippen molar-refractivity contribution in [3.63, 3.8) is 0 Å². The van der Waals surface area contributed by atoms with Gasteiger partial charge in [0.2, 0.25) is 5.91 Å². The van der Waals surface area contributed by atoms with Gasteiger partial charge in [0.15, 0.2) is 0 Å². The molecule has 0 fully saturated rings. The third kappa shape index (κ3) is 3.29. The molecule has 0 atom stereocenters. The van der Waals surface area contributed by atoms with Crippen molar-refractivity contribution in [1.82, 2.24) is 0 Å². The van der Waals surface area contributed by atoms with Gasteiger partial charge >= 0.3 is 0 Å². The molecule has 0 unspecified atom stereocenters. The molecule has 6 nitrogen and oxygen atoms in total. The van der Waals surface area contributed by atoms with E-state index in [0.29, 0.717) is 0 Å². The zero-order valence-corrected chi connectivity index (χ0v) is 11.4. The maximum Gasteiger partial charge on any atom is 0.262 e. The zero-order valence-electron chi connectivity index (χ0n) is 10.6. The number of phenolic OH excluding ortho intramolecular Hbond substituents is 1. The lowest BCUT2D eigenvalue weighted by Crippen LogP contribution is -2.14. The standard InChI is InChI=1S/C13H11FN2O4S/c14-9-3-6-12(17)11(7-9)16-21(19,20)10-4-1-8(2-5-10)13(15)18/h1-7,16-17H,(H2,15,18). The van der Waals surface area contributed by atoms with Crippen LogP contribution in [0.15, 0.2) is 47.4 Å². The maximum absolute atomic E-state index is 13.1. The molecule has 4 N–H and O–H groups in total. The molecule has 0 spiro atoms. The molecule has 0 heterocycles. The fourth-order valence-corrected chi connectivity index (χ4v) is 2.66.